The second-order valence-electron chi connectivity index (χ2n) is 7.70. The molecule has 0 aliphatic carbocycles. The third-order valence-electron chi connectivity index (χ3n) is 4.51. The molecule has 32 heavy (non-hydrogen) atoms. The Bertz CT molecular complexity index is 1210. The summed E-state index contributed by atoms with van der Waals surface area (Å²) in [5, 5.41) is 11.4. The van der Waals surface area contributed by atoms with Gasteiger partial charge in [-0.1, -0.05) is 72.3 Å². The summed E-state index contributed by atoms with van der Waals surface area (Å²) < 4.78 is 28.9. The number of aromatic nitrogens is 2. The maximum Gasteiger partial charge on any atom is 0.264 e. The zero-order chi connectivity index (χ0) is 23.5. The van der Waals surface area contributed by atoms with E-state index in [4.69, 9.17) is 0 Å². The largest absolute Gasteiger partial charge is 0.299 e. The summed E-state index contributed by atoms with van der Waals surface area (Å²) >= 11 is 2.81. The van der Waals surface area contributed by atoms with Crippen molar-refractivity contribution >= 4 is 49.8 Å². The lowest BCUT2D eigenvalue weighted by atomic mass is 10.1. The van der Waals surface area contributed by atoms with E-state index in [1.165, 1.54) is 11.3 Å². The molecule has 0 bridgehead atoms. The van der Waals surface area contributed by atoms with Gasteiger partial charge >= 0.3 is 0 Å². The highest BCUT2D eigenvalue weighted by molar-refractivity contribution is 8.01. The molecule has 1 N–H and O–H groups in total. The van der Waals surface area contributed by atoms with Crippen LogP contribution in [0.25, 0.3) is 0 Å². The highest BCUT2D eigenvalue weighted by atomic mass is 32.2. The Labute approximate surface area is 197 Å². The summed E-state index contributed by atoms with van der Waals surface area (Å²) in [6.45, 7) is 9.36. The number of thioether (sulfide) groups is 1. The van der Waals surface area contributed by atoms with Crippen molar-refractivity contribution in [2.75, 3.05) is 16.2 Å². The van der Waals surface area contributed by atoms with Crippen LogP contribution in [0, 0.1) is 20.8 Å². The minimum atomic E-state index is -3.97. The number of amides is 1. The number of nitrogens with one attached hydrogen (secondary N) is 1. The lowest BCUT2D eigenvalue weighted by Gasteiger charge is -2.25. The van der Waals surface area contributed by atoms with Gasteiger partial charge < -0.3 is 0 Å². The van der Waals surface area contributed by atoms with Crippen molar-refractivity contribution in [1.82, 2.24) is 10.2 Å². The molecule has 1 heterocycles. The normalized spacial score (nSPS) is 11.6. The molecule has 3 rings (SSSR count). The first-order chi connectivity index (χ1) is 15.1. The molecular formula is C22H26N4O3S3. The van der Waals surface area contributed by atoms with Crippen molar-refractivity contribution in [2.24, 2.45) is 0 Å². The monoisotopic (exact) mass is 490 g/mol. The molecule has 0 saturated carbocycles. The number of anilines is 2. The zero-order valence-electron chi connectivity index (χ0n) is 18.6. The summed E-state index contributed by atoms with van der Waals surface area (Å²) in [6.07, 6.45) is 0. The molecule has 1 aromatic heterocycles. The number of carbonyl (C=O) groups is 1. The van der Waals surface area contributed by atoms with Crippen LogP contribution in [0.15, 0.2) is 51.7 Å². The van der Waals surface area contributed by atoms with Crippen LogP contribution in [0.3, 0.4) is 0 Å². The van der Waals surface area contributed by atoms with E-state index < -0.39 is 15.9 Å². The molecule has 0 atom stereocenters. The maximum absolute atomic E-state index is 13.5. The van der Waals surface area contributed by atoms with Crippen LogP contribution in [0.4, 0.5) is 10.8 Å². The fourth-order valence-electron chi connectivity index (χ4n) is 3.02. The Morgan fingerprint density at radius 2 is 1.72 bits per heavy atom. The fourth-order valence-corrected chi connectivity index (χ4v) is 6.50. The van der Waals surface area contributed by atoms with E-state index >= 15 is 0 Å². The van der Waals surface area contributed by atoms with Crippen LogP contribution >= 0.6 is 23.1 Å². The molecule has 0 unspecified atom stereocenters. The zero-order valence-corrected chi connectivity index (χ0v) is 21.1. The highest BCUT2D eigenvalue weighted by Gasteiger charge is 2.28. The Kier molecular flexibility index (Phi) is 7.58. The minimum absolute atomic E-state index is 0.127. The van der Waals surface area contributed by atoms with Crippen molar-refractivity contribution in [3.8, 4) is 0 Å². The van der Waals surface area contributed by atoms with Gasteiger partial charge in [0.2, 0.25) is 11.0 Å². The van der Waals surface area contributed by atoms with Crippen LogP contribution in [-0.2, 0) is 14.8 Å². The lowest BCUT2D eigenvalue weighted by molar-refractivity contribution is -0.114. The number of nitrogens with zero attached hydrogens (tertiary/aromatic N) is 3. The summed E-state index contributed by atoms with van der Waals surface area (Å²) in [5.41, 5.74) is 3.18. The Morgan fingerprint density at radius 1 is 1.06 bits per heavy atom. The molecular weight excluding hydrogens is 464 g/mol. The highest BCUT2D eigenvalue weighted by Crippen LogP contribution is 2.30. The van der Waals surface area contributed by atoms with Crippen LogP contribution < -0.4 is 9.62 Å². The van der Waals surface area contributed by atoms with Gasteiger partial charge in [0, 0.05) is 5.25 Å². The van der Waals surface area contributed by atoms with Crippen molar-refractivity contribution in [3.63, 3.8) is 0 Å². The summed E-state index contributed by atoms with van der Waals surface area (Å²) in [4.78, 5) is 13.0. The third-order valence-corrected chi connectivity index (χ3v) is 8.21. The second-order valence-corrected chi connectivity index (χ2v) is 12.4. The summed E-state index contributed by atoms with van der Waals surface area (Å²) in [5.74, 6) is -0.488. The number of carbonyl (C=O) groups excluding carboxylic acids is 1. The number of aryl methyl sites for hydroxylation is 3. The molecule has 7 nitrogen and oxygen atoms in total. The summed E-state index contributed by atoms with van der Waals surface area (Å²) in [6, 6.07) is 12.0. The molecule has 2 aromatic carbocycles. The standard InChI is InChI=1S/C22H26N4O3S3/c1-14(2)30-22-25-24-21(31-22)23-20(27)13-26(19-11-8-16(4)12-17(19)5)32(28,29)18-9-6-15(3)7-10-18/h6-12,14H,13H2,1-5H3,(H,23,24,27). The molecule has 0 fully saturated rings. The molecule has 0 spiro atoms. The van der Waals surface area contributed by atoms with Gasteiger partial charge in [-0.25, -0.2) is 8.42 Å². The average molecular weight is 491 g/mol. The molecule has 0 saturated heterocycles. The molecule has 1 amide bonds. The van der Waals surface area contributed by atoms with Crippen LogP contribution in [0.5, 0.6) is 0 Å². The van der Waals surface area contributed by atoms with Crippen molar-refractivity contribution in [2.45, 2.75) is 49.1 Å². The first kappa shape index (κ1) is 24.2. The van der Waals surface area contributed by atoms with E-state index in [2.05, 4.69) is 15.5 Å². The number of hydrogen-bond acceptors (Lipinski definition) is 7. The van der Waals surface area contributed by atoms with Crippen LogP contribution in [0.1, 0.15) is 30.5 Å². The average Bonchev–Trinajstić information content (AvgIpc) is 3.12. The van der Waals surface area contributed by atoms with Gasteiger partial charge in [0.25, 0.3) is 10.0 Å². The minimum Gasteiger partial charge on any atom is -0.299 e. The van der Waals surface area contributed by atoms with E-state index in [1.807, 2.05) is 46.8 Å². The lowest BCUT2D eigenvalue weighted by Crippen LogP contribution is -2.38. The van der Waals surface area contributed by atoms with E-state index in [-0.39, 0.29) is 11.4 Å². The topological polar surface area (TPSA) is 92.3 Å². The van der Waals surface area contributed by atoms with Gasteiger partial charge in [-0.05, 0) is 44.5 Å². The van der Waals surface area contributed by atoms with Crippen LogP contribution in [0.2, 0.25) is 0 Å². The summed E-state index contributed by atoms with van der Waals surface area (Å²) in [7, 11) is -3.97. The number of rotatable bonds is 8. The number of sulfonamides is 1. The fraction of sp³-hybridized carbons (Fsp3) is 0.318. The number of hydrogen-bond donors (Lipinski definition) is 1. The van der Waals surface area contributed by atoms with E-state index in [9.17, 15) is 13.2 Å². The molecule has 3 aromatic rings. The Morgan fingerprint density at radius 3 is 2.34 bits per heavy atom. The van der Waals surface area contributed by atoms with E-state index in [0.29, 0.717) is 16.1 Å². The number of benzene rings is 2. The van der Waals surface area contributed by atoms with Gasteiger partial charge in [0.05, 0.1) is 10.6 Å². The molecule has 0 aliphatic heterocycles. The molecule has 0 aliphatic rings. The van der Waals surface area contributed by atoms with Gasteiger partial charge in [-0.2, -0.15) is 0 Å². The maximum atomic E-state index is 13.5. The second kappa shape index (κ2) is 10.0. The Balaban J connectivity index is 1.91. The van der Waals surface area contributed by atoms with E-state index in [0.717, 1.165) is 25.3 Å². The van der Waals surface area contributed by atoms with Gasteiger partial charge in [0.1, 0.15) is 6.54 Å². The predicted molar refractivity (Wildman–Crippen MR) is 131 cm³/mol. The molecule has 170 valence electrons. The Hall–Kier alpha value is -2.43. The molecule has 10 heteroatoms. The van der Waals surface area contributed by atoms with Gasteiger partial charge in [-0.15, -0.1) is 10.2 Å². The van der Waals surface area contributed by atoms with Gasteiger partial charge in [0.15, 0.2) is 4.34 Å². The predicted octanol–water partition coefficient (Wildman–Crippen LogP) is 4.80. The molecule has 0 radical (unpaired) electrons. The SMILES string of the molecule is Cc1ccc(S(=O)(=O)N(CC(=O)Nc2nnc(SC(C)C)s2)c2ccc(C)cc2C)cc1. The van der Waals surface area contributed by atoms with Crippen molar-refractivity contribution in [1.29, 1.82) is 0 Å². The smallest absolute Gasteiger partial charge is 0.264 e. The first-order valence-electron chi connectivity index (χ1n) is 10.0. The quantitative estimate of drug-likeness (QED) is 0.360. The van der Waals surface area contributed by atoms with Crippen molar-refractivity contribution < 1.29 is 13.2 Å². The van der Waals surface area contributed by atoms with Crippen molar-refractivity contribution in [3.05, 3.63) is 59.2 Å². The van der Waals surface area contributed by atoms with Gasteiger partial charge in [-0.3, -0.25) is 14.4 Å². The first-order valence-corrected chi connectivity index (χ1v) is 13.2. The third kappa shape index (κ3) is 5.87. The van der Waals surface area contributed by atoms with Crippen LogP contribution in [-0.4, -0.2) is 36.3 Å². The van der Waals surface area contributed by atoms with E-state index in [1.54, 1.807) is 42.1 Å².